The van der Waals surface area contributed by atoms with Crippen LogP contribution in [0.4, 0.5) is 5.69 Å². The van der Waals surface area contributed by atoms with Gasteiger partial charge >= 0.3 is 0 Å². The van der Waals surface area contributed by atoms with Gasteiger partial charge in [0.05, 0.1) is 17.9 Å². The van der Waals surface area contributed by atoms with Crippen molar-refractivity contribution in [3.05, 3.63) is 83.7 Å². The molecule has 0 unspecified atom stereocenters. The normalized spacial score (nSPS) is 14.3. The summed E-state index contributed by atoms with van der Waals surface area (Å²) in [6.07, 6.45) is 10.1. The summed E-state index contributed by atoms with van der Waals surface area (Å²) in [4.78, 5) is 16.7. The van der Waals surface area contributed by atoms with Gasteiger partial charge in [0.15, 0.2) is 0 Å². The lowest BCUT2D eigenvalue weighted by Gasteiger charge is -2.25. The lowest BCUT2D eigenvalue weighted by Crippen LogP contribution is -2.31. The van der Waals surface area contributed by atoms with Gasteiger partial charge < -0.3 is 15.7 Å². The lowest BCUT2D eigenvalue weighted by atomic mass is 9.94. The number of pyridine rings is 1. The van der Waals surface area contributed by atoms with Crippen molar-refractivity contribution in [2.24, 2.45) is 0 Å². The summed E-state index contributed by atoms with van der Waals surface area (Å²) in [5.74, 6) is -0.631. The third-order valence-electron chi connectivity index (χ3n) is 6.79. The Morgan fingerprint density at radius 1 is 1.02 bits per heavy atom. The van der Waals surface area contributed by atoms with Crippen LogP contribution in [0, 0.1) is 0 Å². The number of anilines is 1. The van der Waals surface area contributed by atoms with Crippen molar-refractivity contribution in [3.8, 4) is 11.1 Å². The number of rotatable bonds is 11. The zero-order valence-electron chi connectivity index (χ0n) is 22.5. The van der Waals surface area contributed by atoms with Gasteiger partial charge in [-0.25, -0.2) is 13.1 Å². The molecule has 0 saturated heterocycles. The number of nitrogens with zero attached hydrogens (tertiary/aromatic N) is 1. The van der Waals surface area contributed by atoms with E-state index >= 15 is 0 Å². The minimum atomic E-state index is -3.67. The minimum absolute atomic E-state index is 0. The Morgan fingerprint density at radius 2 is 1.73 bits per heavy atom. The monoisotopic (exact) mass is 608 g/mol. The molecule has 1 atom stereocenters. The van der Waals surface area contributed by atoms with Crippen LogP contribution in [-0.4, -0.2) is 49.8 Å². The Balaban J connectivity index is 0.00000280. The summed E-state index contributed by atoms with van der Waals surface area (Å²) in [5, 5.41) is 17.0. The van der Waals surface area contributed by atoms with Gasteiger partial charge in [0.25, 0.3) is 5.91 Å². The van der Waals surface area contributed by atoms with E-state index in [1.54, 1.807) is 18.5 Å². The average molecular weight is 610 g/mol. The van der Waals surface area contributed by atoms with Crippen molar-refractivity contribution in [2.45, 2.75) is 50.7 Å². The first-order valence-electron chi connectivity index (χ1n) is 13.1. The Kier molecular flexibility index (Phi) is 13.3. The highest BCUT2D eigenvalue weighted by Gasteiger charge is 2.20. The van der Waals surface area contributed by atoms with E-state index in [0.717, 1.165) is 61.6 Å². The summed E-state index contributed by atoms with van der Waals surface area (Å²) in [7, 11) is -3.67. The molecule has 40 heavy (non-hydrogen) atoms. The van der Waals surface area contributed by atoms with Gasteiger partial charge in [-0.15, -0.1) is 24.8 Å². The maximum Gasteiger partial charge on any atom is 0.266 e. The van der Waals surface area contributed by atoms with Crippen molar-refractivity contribution < 1.29 is 18.3 Å². The van der Waals surface area contributed by atoms with Gasteiger partial charge in [-0.05, 0) is 60.7 Å². The van der Waals surface area contributed by atoms with Gasteiger partial charge in [-0.1, -0.05) is 55.7 Å². The second kappa shape index (κ2) is 15.9. The van der Waals surface area contributed by atoms with Crippen LogP contribution in [0.15, 0.2) is 67.0 Å². The average Bonchev–Trinajstić information content (AvgIpc) is 2.91. The highest BCUT2D eigenvalue weighted by molar-refractivity contribution is 7.89. The molecule has 1 saturated carbocycles. The first kappa shape index (κ1) is 33.5. The summed E-state index contributed by atoms with van der Waals surface area (Å²) >= 11 is 0. The molecule has 0 radical (unpaired) electrons. The molecule has 4 N–H and O–H groups in total. The van der Waals surface area contributed by atoms with E-state index in [2.05, 4.69) is 44.6 Å². The quantitative estimate of drug-likeness (QED) is 0.229. The number of amides is 1. The largest absolute Gasteiger partial charge is 0.387 e. The van der Waals surface area contributed by atoms with Crippen LogP contribution in [0.25, 0.3) is 11.1 Å². The van der Waals surface area contributed by atoms with Crippen molar-refractivity contribution in [1.29, 1.82) is 0 Å². The second-order valence-electron chi connectivity index (χ2n) is 9.90. The first-order chi connectivity index (χ1) is 18.3. The molecule has 1 amide bonds. The fourth-order valence-electron chi connectivity index (χ4n) is 4.76. The van der Waals surface area contributed by atoms with E-state index in [4.69, 9.17) is 0 Å². The van der Waals surface area contributed by atoms with Crippen molar-refractivity contribution in [3.63, 3.8) is 0 Å². The maximum atomic E-state index is 12.7. The second-order valence-corrected chi connectivity index (χ2v) is 11.6. The molecule has 1 aromatic heterocycles. The molecular formula is C29H38Cl2N4O4S. The van der Waals surface area contributed by atoms with Crippen molar-refractivity contribution in [1.82, 2.24) is 15.0 Å². The molecular weight excluding hydrogens is 571 g/mol. The number of aliphatic hydroxyl groups is 1. The molecule has 4 rings (SSSR count). The molecule has 11 heteroatoms. The minimum Gasteiger partial charge on any atom is -0.387 e. The molecule has 2 aromatic carbocycles. The van der Waals surface area contributed by atoms with Crippen molar-refractivity contribution >= 4 is 46.4 Å². The van der Waals surface area contributed by atoms with Crippen LogP contribution < -0.4 is 15.4 Å². The van der Waals surface area contributed by atoms with Crippen LogP contribution in [0.5, 0.6) is 0 Å². The highest BCUT2D eigenvalue weighted by atomic mass is 35.5. The number of hydrogen-bond donors (Lipinski definition) is 4. The number of carbonyl (C=O) groups excluding carboxylic acids is 1. The number of hydrogen-bond acceptors (Lipinski definition) is 7. The summed E-state index contributed by atoms with van der Waals surface area (Å²) < 4.78 is 25.4. The fraction of sp³-hybridized carbons (Fsp3) is 0.379. The summed E-state index contributed by atoms with van der Waals surface area (Å²) in [5.41, 5.74) is 4.89. The van der Waals surface area contributed by atoms with Gasteiger partial charge in [-0.3, -0.25) is 9.78 Å². The Bertz CT molecular complexity index is 1320. The zero-order chi connectivity index (χ0) is 27.0. The SMILES string of the molecule is CS(=O)(=O)NC(=O)c1ccc(-c2ccc(CCNC[C@@H](O)c3cccnc3)cc2)cc1NC1CCCCC1.Cl.Cl. The van der Waals surface area contributed by atoms with E-state index in [1.807, 2.05) is 24.3 Å². The van der Waals surface area contributed by atoms with E-state index < -0.39 is 22.0 Å². The van der Waals surface area contributed by atoms with E-state index in [9.17, 15) is 18.3 Å². The van der Waals surface area contributed by atoms with Gasteiger partial charge in [-0.2, -0.15) is 0 Å². The summed E-state index contributed by atoms with van der Waals surface area (Å²) in [6, 6.07) is 17.7. The molecule has 8 nitrogen and oxygen atoms in total. The van der Waals surface area contributed by atoms with E-state index in [1.165, 1.54) is 12.0 Å². The molecule has 0 bridgehead atoms. The first-order valence-corrected chi connectivity index (χ1v) is 15.0. The van der Waals surface area contributed by atoms with E-state index in [-0.39, 0.29) is 30.9 Å². The fourth-order valence-corrected chi connectivity index (χ4v) is 5.20. The van der Waals surface area contributed by atoms with Crippen LogP contribution >= 0.6 is 24.8 Å². The summed E-state index contributed by atoms with van der Waals surface area (Å²) in [6.45, 7) is 1.19. The van der Waals surface area contributed by atoms with Crippen LogP contribution in [0.1, 0.15) is 59.7 Å². The number of sulfonamides is 1. The number of carbonyl (C=O) groups is 1. The smallest absolute Gasteiger partial charge is 0.266 e. The predicted molar refractivity (Wildman–Crippen MR) is 165 cm³/mol. The molecule has 1 aliphatic rings. The number of aliphatic hydroxyl groups excluding tert-OH is 1. The number of benzene rings is 2. The van der Waals surface area contributed by atoms with E-state index in [0.29, 0.717) is 17.8 Å². The lowest BCUT2D eigenvalue weighted by molar-refractivity contribution is 0.0982. The standard InChI is InChI=1S/C29H36N4O4S.2ClH/c1-38(36,37)33-29(35)26-14-13-23(18-27(26)32-25-7-3-2-4-8-25)22-11-9-21(10-12-22)15-17-31-20-28(34)24-6-5-16-30-19-24;;/h5-6,9-14,16,18-19,25,28,31-32,34H,2-4,7-8,15,17,20H2,1H3,(H,33,35);2*1H/t28-;;/m1../s1. The molecule has 0 aliphatic heterocycles. The third-order valence-corrected chi connectivity index (χ3v) is 7.35. The van der Waals surface area contributed by atoms with Crippen LogP contribution in [-0.2, 0) is 16.4 Å². The van der Waals surface area contributed by atoms with Crippen LogP contribution in [0.3, 0.4) is 0 Å². The third kappa shape index (κ3) is 10.1. The zero-order valence-corrected chi connectivity index (χ0v) is 25.0. The molecule has 0 spiro atoms. The molecule has 1 aliphatic carbocycles. The predicted octanol–water partition coefficient (Wildman–Crippen LogP) is 4.89. The Labute approximate surface area is 249 Å². The van der Waals surface area contributed by atoms with Crippen LogP contribution in [0.2, 0.25) is 0 Å². The Hall–Kier alpha value is -2.69. The number of aromatic nitrogens is 1. The topological polar surface area (TPSA) is 120 Å². The molecule has 1 fully saturated rings. The van der Waals surface area contributed by atoms with Crippen molar-refractivity contribution in [2.75, 3.05) is 24.7 Å². The molecule has 1 heterocycles. The Morgan fingerprint density at radius 3 is 2.38 bits per heavy atom. The van der Waals surface area contributed by atoms with Gasteiger partial charge in [0.2, 0.25) is 10.0 Å². The number of nitrogens with one attached hydrogen (secondary N) is 3. The van der Waals surface area contributed by atoms with Gasteiger partial charge in [0.1, 0.15) is 0 Å². The number of halogens is 2. The molecule has 218 valence electrons. The maximum absolute atomic E-state index is 12.7. The van der Waals surface area contributed by atoms with Gasteiger partial charge in [0, 0.05) is 36.2 Å². The highest BCUT2D eigenvalue weighted by Crippen LogP contribution is 2.29. The molecule has 3 aromatic rings.